The fourth-order valence-corrected chi connectivity index (χ4v) is 6.03. The van der Waals surface area contributed by atoms with Crippen molar-refractivity contribution in [3.05, 3.63) is 65.7 Å². The monoisotopic (exact) mass is 502 g/mol. The van der Waals surface area contributed by atoms with Crippen LogP contribution in [0, 0.1) is 5.41 Å². The summed E-state index contributed by atoms with van der Waals surface area (Å²) in [6.07, 6.45) is -0.301. The summed E-state index contributed by atoms with van der Waals surface area (Å²) in [7, 11) is 0.962. The first kappa shape index (κ1) is 25.1. The molecule has 2 heterocycles. The van der Waals surface area contributed by atoms with E-state index in [9.17, 15) is 18.0 Å². The molecule has 5 nitrogen and oxygen atoms in total. The molecule has 1 N–H and O–H groups in total. The Hall–Kier alpha value is -2.58. The molecular weight excluding hydrogens is 469 g/mol. The second-order valence-corrected chi connectivity index (χ2v) is 10.3. The molecule has 8 heteroatoms. The molecule has 2 saturated heterocycles. The van der Waals surface area contributed by atoms with Gasteiger partial charge in [-0.25, -0.2) is 0 Å². The standard InChI is InChI=1S/C28H33F3N2O3/c1-35-27(28(29,30)31,20-7-3-2-4-8-20)25(34)33-17-14-26(15-18-33)13-16-32-19-23(26)22-9-5-6-10-24(22)36-21-11-12-21/h2-10,21,23,32H,11-19H2,1H3/t23?,27-/m1/s1. The molecule has 2 aromatic carbocycles. The molecule has 1 aliphatic carbocycles. The van der Waals surface area contributed by atoms with Gasteiger partial charge in [0.25, 0.3) is 11.5 Å². The van der Waals surface area contributed by atoms with Crippen LogP contribution < -0.4 is 10.1 Å². The highest BCUT2D eigenvalue weighted by Crippen LogP contribution is 2.52. The molecule has 36 heavy (non-hydrogen) atoms. The average Bonchev–Trinajstić information content (AvgIpc) is 3.70. The lowest BCUT2D eigenvalue weighted by molar-refractivity contribution is -0.271. The summed E-state index contributed by atoms with van der Waals surface area (Å²) >= 11 is 0. The van der Waals surface area contributed by atoms with Crippen LogP contribution in [0.15, 0.2) is 54.6 Å². The van der Waals surface area contributed by atoms with Crippen molar-refractivity contribution in [3.63, 3.8) is 0 Å². The van der Waals surface area contributed by atoms with E-state index in [0.717, 1.165) is 50.8 Å². The maximum absolute atomic E-state index is 14.5. The number of carbonyl (C=O) groups is 1. The topological polar surface area (TPSA) is 50.8 Å². The van der Waals surface area contributed by atoms with E-state index in [-0.39, 0.29) is 36.1 Å². The number of hydrogen-bond donors (Lipinski definition) is 1. The van der Waals surface area contributed by atoms with Crippen molar-refractivity contribution in [2.24, 2.45) is 5.41 Å². The van der Waals surface area contributed by atoms with Gasteiger partial charge < -0.3 is 19.7 Å². The highest BCUT2D eigenvalue weighted by Gasteiger charge is 2.64. The van der Waals surface area contributed by atoms with Crippen LogP contribution in [0.1, 0.15) is 49.1 Å². The minimum atomic E-state index is -4.90. The molecule has 5 rings (SSSR count). The highest BCUT2D eigenvalue weighted by molar-refractivity contribution is 5.88. The Labute approximate surface area is 210 Å². The number of halogens is 3. The third-order valence-corrected chi connectivity index (χ3v) is 8.23. The zero-order valence-corrected chi connectivity index (χ0v) is 20.5. The van der Waals surface area contributed by atoms with Gasteiger partial charge in [0.15, 0.2) is 0 Å². The van der Waals surface area contributed by atoms with Gasteiger partial charge in [0.2, 0.25) is 0 Å². The Balaban J connectivity index is 1.40. The molecule has 3 fully saturated rings. The smallest absolute Gasteiger partial charge is 0.430 e. The highest BCUT2D eigenvalue weighted by atomic mass is 19.4. The second-order valence-electron chi connectivity index (χ2n) is 10.3. The lowest BCUT2D eigenvalue weighted by Crippen LogP contribution is -2.59. The third kappa shape index (κ3) is 4.39. The van der Waals surface area contributed by atoms with Gasteiger partial charge in [0.05, 0.1) is 6.10 Å². The predicted molar refractivity (Wildman–Crippen MR) is 130 cm³/mol. The largest absolute Gasteiger partial charge is 0.490 e. The van der Waals surface area contributed by atoms with E-state index in [1.165, 1.54) is 29.2 Å². The van der Waals surface area contributed by atoms with Crippen molar-refractivity contribution in [2.45, 2.75) is 55.9 Å². The van der Waals surface area contributed by atoms with Gasteiger partial charge in [0, 0.05) is 38.2 Å². The van der Waals surface area contributed by atoms with E-state index >= 15 is 0 Å². The number of benzene rings is 2. The lowest BCUT2D eigenvalue weighted by atomic mass is 9.62. The van der Waals surface area contributed by atoms with Gasteiger partial charge in [-0.05, 0) is 55.7 Å². The number of ether oxygens (including phenoxy) is 2. The number of carbonyl (C=O) groups excluding carboxylic acids is 1. The summed E-state index contributed by atoms with van der Waals surface area (Å²) in [5.41, 5.74) is -2.17. The second kappa shape index (κ2) is 9.71. The Morgan fingerprint density at radius 3 is 2.31 bits per heavy atom. The first-order chi connectivity index (χ1) is 17.3. The fourth-order valence-electron chi connectivity index (χ4n) is 6.03. The maximum atomic E-state index is 14.5. The molecule has 1 unspecified atom stereocenters. The third-order valence-electron chi connectivity index (χ3n) is 8.23. The molecule has 0 bridgehead atoms. The molecular formula is C28H33F3N2O3. The molecule has 1 amide bonds. The summed E-state index contributed by atoms with van der Waals surface area (Å²) in [4.78, 5) is 14.9. The number of rotatable bonds is 6. The van der Waals surface area contributed by atoms with Crippen LogP contribution in [-0.4, -0.2) is 56.4 Å². The zero-order chi connectivity index (χ0) is 25.4. The van der Waals surface area contributed by atoms with Gasteiger partial charge in [-0.1, -0.05) is 48.5 Å². The van der Waals surface area contributed by atoms with Crippen molar-refractivity contribution in [3.8, 4) is 5.75 Å². The molecule has 2 aromatic rings. The maximum Gasteiger partial charge on any atom is 0.430 e. The van der Waals surface area contributed by atoms with Gasteiger partial charge in [-0.2, -0.15) is 13.2 Å². The minimum absolute atomic E-state index is 0.105. The van der Waals surface area contributed by atoms with Crippen LogP contribution in [0.4, 0.5) is 13.2 Å². The lowest BCUT2D eigenvalue weighted by Gasteiger charge is -2.51. The zero-order valence-electron chi connectivity index (χ0n) is 20.5. The Morgan fingerprint density at radius 2 is 1.67 bits per heavy atom. The van der Waals surface area contributed by atoms with Crippen molar-refractivity contribution < 1.29 is 27.4 Å². The molecule has 1 saturated carbocycles. The van der Waals surface area contributed by atoms with E-state index in [1.807, 2.05) is 18.2 Å². The molecule has 2 atom stereocenters. The van der Waals surface area contributed by atoms with Crippen molar-refractivity contribution in [1.29, 1.82) is 0 Å². The number of alkyl halides is 3. The van der Waals surface area contributed by atoms with Crippen LogP contribution >= 0.6 is 0 Å². The normalized spacial score (nSPS) is 23.8. The summed E-state index contributed by atoms with van der Waals surface area (Å²) < 4.78 is 54.6. The molecule has 2 aliphatic heterocycles. The molecule has 0 radical (unpaired) electrons. The van der Waals surface area contributed by atoms with E-state index in [1.54, 1.807) is 6.07 Å². The molecule has 0 aromatic heterocycles. The van der Waals surface area contributed by atoms with E-state index < -0.39 is 17.7 Å². The summed E-state index contributed by atoms with van der Waals surface area (Å²) in [5, 5.41) is 3.50. The van der Waals surface area contributed by atoms with Gasteiger partial charge in [-0.3, -0.25) is 4.79 Å². The first-order valence-corrected chi connectivity index (χ1v) is 12.7. The number of nitrogens with zero attached hydrogens (tertiary/aromatic N) is 1. The van der Waals surface area contributed by atoms with Crippen LogP contribution in [0.5, 0.6) is 5.75 Å². The van der Waals surface area contributed by atoms with Gasteiger partial charge >= 0.3 is 6.18 Å². The number of likely N-dealkylation sites (tertiary alicyclic amines) is 1. The number of para-hydroxylation sites is 1. The van der Waals surface area contributed by atoms with E-state index in [2.05, 4.69) is 11.4 Å². The number of methoxy groups -OCH3 is 1. The van der Waals surface area contributed by atoms with Crippen molar-refractivity contribution in [2.75, 3.05) is 33.3 Å². The summed E-state index contributed by atoms with van der Waals surface area (Å²) in [5.74, 6) is 0.0370. The van der Waals surface area contributed by atoms with Crippen LogP contribution in [0.25, 0.3) is 0 Å². The Morgan fingerprint density at radius 1 is 1.00 bits per heavy atom. The van der Waals surface area contributed by atoms with Crippen molar-refractivity contribution in [1.82, 2.24) is 10.2 Å². The van der Waals surface area contributed by atoms with Gasteiger partial charge in [-0.15, -0.1) is 0 Å². The Bertz CT molecular complexity index is 1070. The van der Waals surface area contributed by atoms with E-state index in [4.69, 9.17) is 9.47 Å². The quantitative estimate of drug-likeness (QED) is 0.603. The van der Waals surface area contributed by atoms with Crippen LogP contribution in [-0.2, 0) is 15.1 Å². The number of piperidine rings is 2. The average molecular weight is 503 g/mol. The van der Waals surface area contributed by atoms with E-state index in [0.29, 0.717) is 12.8 Å². The van der Waals surface area contributed by atoms with Crippen LogP contribution in [0.2, 0.25) is 0 Å². The number of amides is 1. The van der Waals surface area contributed by atoms with Gasteiger partial charge in [0.1, 0.15) is 5.75 Å². The van der Waals surface area contributed by atoms with Crippen LogP contribution in [0.3, 0.4) is 0 Å². The summed E-state index contributed by atoms with van der Waals surface area (Å²) in [6, 6.07) is 15.4. The predicted octanol–water partition coefficient (Wildman–Crippen LogP) is 5.02. The van der Waals surface area contributed by atoms with Crippen molar-refractivity contribution >= 4 is 5.91 Å². The first-order valence-electron chi connectivity index (χ1n) is 12.7. The molecule has 194 valence electrons. The number of hydrogen-bond acceptors (Lipinski definition) is 4. The summed E-state index contributed by atoms with van der Waals surface area (Å²) in [6.45, 7) is 2.16. The minimum Gasteiger partial charge on any atom is -0.490 e. The molecule has 1 spiro atoms. The SMILES string of the molecule is CO[C@@](C(=O)N1CCC2(CCNCC2c2ccccc2OC2CC2)CC1)(c1ccccc1)C(F)(F)F. The fraction of sp³-hybridized carbons (Fsp3) is 0.536. The number of nitrogens with one attached hydrogen (secondary N) is 1. The Kier molecular flexibility index (Phi) is 6.76. The molecule has 3 aliphatic rings.